The Morgan fingerprint density at radius 2 is 1.92 bits per heavy atom. The Kier molecular flexibility index (Phi) is 6.23. The van der Waals surface area contributed by atoms with Crippen LogP contribution in [0.4, 0.5) is 11.6 Å². The van der Waals surface area contributed by atoms with E-state index in [1.54, 1.807) is 28.8 Å². The Bertz CT molecular complexity index is 1510. The molecule has 192 valence electrons. The van der Waals surface area contributed by atoms with Crippen LogP contribution in [0.2, 0.25) is 0 Å². The summed E-state index contributed by atoms with van der Waals surface area (Å²) >= 11 is 0. The molecule has 1 unspecified atom stereocenters. The molecule has 9 nitrogen and oxygen atoms in total. The molecule has 2 aromatic heterocycles. The van der Waals surface area contributed by atoms with Gasteiger partial charge in [0.2, 0.25) is 5.95 Å². The molecule has 1 aliphatic heterocycles. The second kappa shape index (κ2) is 9.38. The van der Waals surface area contributed by atoms with Gasteiger partial charge < -0.3 is 19.8 Å². The number of hydrogen-bond donors (Lipinski definition) is 2. The number of para-hydroxylation sites is 1. The standard InChI is InChI=1S/C28H31N5O4/c1-17-13-21(18(2)30-23-8-6-5-7-20(23)26(35)36)24-22(14-17)25(34)33(19-15-29-37-16-19)27(31-24)32-11-9-28(3,4)10-12-32/h5-8,13-16,18,30H,9-12H2,1-4H3,(H,35,36). The SMILES string of the molecule is Cc1cc(C(C)Nc2ccccc2C(=O)O)c2nc(N3CCC(C)(C)CC3)n(-c3cnoc3)c(=O)c2c1. The van der Waals surface area contributed by atoms with E-state index in [0.717, 1.165) is 37.1 Å². The van der Waals surface area contributed by atoms with E-state index in [4.69, 9.17) is 9.51 Å². The largest absolute Gasteiger partial charge is 0.478 e. The summed E-state index contributed by atoms with van der Waals surface area (Å²) in [6, 6.07) is 10.3. The molecule has 3 heterocycles. The normalized spacial score (nSPS) is 16.1. The maximum absolute atomic E-state index is 14.0. The van der Waals surface area contributed by atoms with E-state index < -0.39 is 5.97 Å². The zero-order valence-corrected chi connectivity index (χ0v) is 21.5. The third kappa shape index (κ3) is 4.69. The molecule has 4 aromatic rings. The molecular weight excluding hydrogens is 470 g/mol. The molecule has 1 saturated heterocycles. The number of aromatic carboxylic acids is 1. The van der Waals surface area contributed by atoms with Gasteiger partial charge in [-0.15, -0.1) is 0 Å². The summed E-state index contributed by atoms with van der Waals surface area (Å²) in [5.41, 5.74) is 3.58. The Hall–Kier alpha value is -4.14. The molecule has 0 bridgehead atoms. The van der Waals surface area contributed by atoms with Gasteiger partial charge in [-0.05, 0) is 55.9 Å². The van der Waals surface area contributed by atoms with Crippen LogP contribution in [0.3, 0.4) is 0 Å². The predicted octanol–water partition coefficient (Wildman–Crippen LogP) is 5.18. The van der Waals surface area contributed by atoms with Crippen LogP contribution in [0.25, 0.3) is 16.6 Å². The van der Waals surface area contributed by atoms with Crippen LogP contribution in [0, 0.1) is 12.3 Å². The molecule has 2 N–H and O–H groups in total. The number of fused-ring (bicyclic) bond motifs is 1. The Labute approximate surface area is 214 Å². The lowest BCUT2D eigenvalue weighted by atomic mass is 9.83. The lowest BCUT2D eigenvalue weighted by Gasteiger charge is -2.38. The number of carboxylic acid groups (broad SMARTS) is 1. The first-order chi connectivity index (χ1) is 17.6. The minimum absolute atomic E-state index is 0.186. The molecule has 0 spiro atoms. The highest BCUT2D eigenvalue weighted by molar-refractivity contribution is 5.94. The van der Waals surface area contributed by atoms with Crippen molar-refractivity contribution in [3.63, 3.8) is 0 Å². The van der Waals surface area contributed by atoms with Crippen LogP contribution < -0.4 is 15.8 Å². The molecule has 1 aliphatic rings. The van der Waals surface area contributed by atoms with Crippen molar-refractivity contribution >= 4 is 28.5 Å². The van der Waals surface area contributed by atoms with Crippen LogP contribution in [-0.2, 0) is 0 Å². The monoisotopic (exact) mass is 501 g/mol. The second-order valence-corrected chi connectivity index (χ2v) is 10.6. The van der Waals surface area contributed by atoms with Gasteiger partial charge in [-0.1, -0.05) is 37.2 Å². The van der Waals surface area contributed by atoms with E-state index in [9.17, 15) is 14.7 Å². The fraction of sp³-hybridized carbons (Fsp3) is 0.357. The van der Waals surface area contributed by atoms with Gasteiger partial charge in [0.1, 0.15) is 12.0 Å². The minimum Gasteiger partial charge on any atom is -0.478 e. The minimum atomic E-state index is -1.01. The topological polar surface area (TPSA) is 113 Å². The fourth-order valence-electron chi connectivity index (χ4n) is 4.96. The first-order valence-electron chi connectivity index (χ1n) is 12.5. The van der Waals surface area contributed by atoms with Gasteiger partial charge in [0.05, 0.1) is 28.7 Å². The fourth-order valence-corrected chi connectivity index (χ4v) is 4.96. The molecule has 9 heteroatoms. The number of anilines is 2. The molecule has 0 saturated carbocycles. The smallest absolute Gasteiger partial charge is 0.337 e. The van der Waals surface area contributed by atoms with Crippen molar-refractivity contribution in [2.24, 2.45) is 5.41 Å². The van der Waals surface area contributed by atoms with Gasteiger partial charge in [0.25, 0.3) is 5.56 Å². The highest BCUT2D eigenvalue weighted by Crippen LogP contribution is 2.34. The van der Waals surface area contributed by atoms with Crippen LogP contribution in [0.5, 0.6) is 0 Å². The zero-order valence-electron chi connectivity index (χ0n) is 21.5. The number of carbonyl (C=O) groups is 1. The Morgan fingerprint density at radius 3 is 2.59 bits per heavy atom. The van der Waals surface area contributed by atoms with Gasteiger partial charge in [0.15, 0.2) is 0 Å². The number of nitrogens with zero attached hydrogens (tertiary/aromatic N) is 4. The summed E-state index contributed by atoms with van der Waals surface area (Å²) in [6.45, 7) is 9.95. The van der Waals surface area contributed by atoms with Gasteiger partial charge >= 0.3 is 5.97 Å². The molecular formula is C28H31N5O4. The first kappa shape index (κ1) is 24.5. The van der Waals surface area contributed by atoms with Crippen molar-refractivity contribution in [1.29, 1.82) is 0 Å². The molecule has 1 atom stereocenters. The van der Waals surface area contributed by atoms with Crippen molar-refractivity contribution in [3.05, 3.63) is 75.9 Å². The summed E-state index contributed by atoms with van der Waals surface area (Å²) < 4.78 is 6.66. The van der Waals surface area contributed by atoms with Gasteiger partial charge in [-0.2, -0.15) is 0 Å². The number of hydrogen-bond acceptors (Lipinski definition) is 7. The number of piperidine rings is 1. The molecule has 0 amide bonds. The Balaban J connectivity index is 1.67. The van der Waals surface area contributed by atoms with Crippen molar-refractivity contribution in [1.82, 2.24) is 14.7 Å². The number of aromatic nitrogens is 3. The predicted molar refractivity (Wildman–Crippen MR) is 143 cm³/mol. The molecule has 0 radical (unpaired) electrons. The maximum Gasteiger partial charge on any atom is 0.337 e. The first-order valence-corrected chi connectivity index (χ1v) is 12.5. The van der Waals surface area contributed by atoms with Gasteiger partial charge in [-0.3, -0.25) is 4.79 Å². The molecule has 0 aliphatic carbocycles. The molecule has 5 rings (SSSR count). The second-order valence-electron chi connectivity index (χ2n) is 10.6. The quantitative estimate of drug-likeness (QED) is 0.372. The average molecular weight is 502 g/mol. The number of benzene rings is 2. The lowest BCUT2D eigenvalue weighted by molar-refractivity contribution is 0.0698. The molecule has 1 fully saturated rings. The summed E-state index contributed by atoms with van der Waals surface area (Å²) in [5.74, 6) is -0.450. The van der Waals surface area contributed by atoms with Crippen LogP contribution >= 0.6 is 0 Å². The maximum atomic E-state index is 14.0. The van der Waals surface area contributed by atoms with Crippen LogP contribution in [-0.4, -0.2) is 38.9 Å². The van der Waals surface area contributed by atoms with E-state index in [1.807, 2.05) is 26.0 Å². The third-order valence-electron chi connectivity index (χ3n) is 7.20. The van der Waals surface area contributed by atoms with Crippen molar-refractivity contribution < 1.29 is 14.4 Å². The highest BCUT2D eigenvalue weighted by Gasteiger charge is 2.29. The average Bonchev–Trinajstić information content (AvgIpc) is 3.38. The molecule has 37 heavy (non-hydrogen) atoms. The summed E-state index contributed by atoms with van der Waals surface area (Å²) in [4.78, 5) is 33.0. The summed E-state index contributed by atoms with van der Waals surface area (Å²) in [6.07, 6.45) is 4.94. The lowest BCUT2D eigenvalue weighted by Crippen LogP contribution is -2.41. The summed E-state index contributed by atoms with van der Waals surface area (Å²) in [7, 11) is 0. The van der Waals surface area contributed by atoms with E-state index >= 15 is 0 Å². The van der Waals surface area contributed by atoms with Crippen molar-refractivity contribution in [2.75, 3.05) is 23.3 Å². The number of nitrogens with one attached hydrogen (secondary N) is 1. The van der Waals surface area contributed by atoms with E-state index in [0.29, 0.717) is 28.2 Å². The van der Waals surface area contributed by atoms with E-state index in [1.165, 1.54) is 12.5 Å². The molecule has 2 aromatic carbocycles. The Morgan fingerprint density at radius 1 is 1.19 bits per heavy atom. The summed E-state index contributed by atoms with van der Waals surface area (Å²) in [5, 5.41) is 17.3. The number of aryl methyl sites for hydroxylation is 1. The third-order valence-corrected chi connectivity index (χ3v) is 7.20. The van der Waals surface area contributed by atoms with Crippen molar-refractivity contribution in [2.45, 2.75) is 46.6 Å². The zero-order chi connectivity index (χ0) is 26.3. The highest BCUT2D eigenvalue weighted by atomic mass is 16.5. The van der Waals surface area contributed by atoms with Gasteiger partial charge in [0, 0.05) is 24.3 Å². The van der Waals surface area contributed by atoms with E-state index in [2.05, 4.69) is 29.2 Å². The van der Waals surface area contributed by atoms with Gasteiger partial charge in [-0.25, -0.2) is 14.3 Å². The number of rotatable bonds is 6. The van der Waals surface area contributed by atoms with Crippen LogP contribution in [0.15, 0.2) is 58.2 Å². The van der Waals surface area contributed by atoms with E-state index in [-0.39, 0.29) is 22.6 Å². The van der Waals surface area contributed by atoms with Crippen molar-refractivity contribution in [3.8, 4) is 5.69 Å². The van der Waals surface area contributed by atoms with Crippen LogP contribution in [0.1, 0.15) is 61.1 Å². The number of carboxylic acids is 1.